The van der Waals surface area contributed by atoms with E-state index in [0.717, 1.165) is 18.7 Å². The molecule has 4 rings (SSSR count). The van der Waals surface area contributed by atoms with Crippen LogP contribution in [0.25, 0.3) is 0 Å². The number of aliphatic carboxylic acids is 1. The zero-order chi connectivity index (χ0) is 15.8. The Morgan fingerprint density at radius 1 is 0.913 bits per heavy atom. The second-order valence-corrected chi connectivity index (χ2v) is 6.57. The minimum absolute atomic E-state index is 0.00333. The number of carbonyl (C=O) groups is 1. The maximum absolute atomic E-state index is 12.2. The van der Waals surface area contributed by atoms with Crippen molar-refractivity contribution in [3.05, 3.63) is 71.3 Å². The normalized spacial score (nSPS) is 27.0. The van der Waals surface area contributed by atoms with Crippen molar-refractivity contribution in [2.75, 3.05) is 13.1 Å². The first kappa shape index (κ1) is 14.5. The molecule has 0 unspecified atom stereocenters. The first-order valence-electron chi connectivity index (χ1n) is 8.38. The lowest BCUT2D eigenvalue weighted by Gasteiger charge is -2.29. The van der Waals surface area contributed by atoms with Gasteiger partial charge >= 0.3 is 5.97 Å². The van der Waals surface area contributed by atoms with E-state index in [4.69, 9.17) is 0 Å². The van der Waals surface area contributed by atoms with E-state index in [9.17, 15) is 9.90 Å². The van der Waals surface area contributed by atoms with Gasteiger partial charge < -0.3 is 5.11 Å². The molecule has 2 aromatic carbocycles. The van der Waals surface area contributed by atoms with E-state index in [1.807, 2.05) is 30.3 Å². The third kappa shape index (κ3) is 2.36. The fourth-order valence-corrected chi connectivity index (χ4v) is 4.40. The summed E-state index contributed by atoms with van der Waals surface area (Å²) in [4.78, 5) is 14.6. The van der Waals surface area contributed by atoms with E-state index < -0.39 is 11.9 Å². The number of fused-ring (bicyclic) bond motifs is 1. The Hall–Kier alpha value is -2.13. The predicted molar refractivity (Wildman–Crippen MR) is 89.4 cm³/mol. The quantitative estimate of drug-likeness (QED) is 0.940. The van der Waals surface area contributed by atoms with E-state index in [-0.39, 0.29) is 12.0 Å². The average molecular weight is 307 g/mol. The van der Waals surface area contributed by atoms with Crippen LogP contribution in [-0.4, -0.2) is 29.1 Å². The van der Waals surface area contributed by atoms with Crippen molar-refractivity contribution in [2.24, 2.45) is 5.92 Å². The molecule has 0 spiro atoms. The molecule has 2 aromatic rings. The van der Waals surface area contributed by atoms with Gasteiger partial charge in [-0.3, -0.25) is 9.69 Å². The lowest BCUT2D eigenvalue weighted by atomic mass is 9.84. The molecule has 118 valence electrons. The fraction of sp³-hybridized carbons (Fsp3) is 0.350. The fourth-order valence-electron chi connectivity index (χ4n) is 4.40. The molecule has 0 aromatic heterocycles. The second-order valence-electron chi connectivity index (χ2n) is 6.57. The van der Waals surface area contributed by atoms with Crippen molar-refractivity contribution in [2.45, 2.75) is 24.8 Å². The van der Waals surface area contributed by atoms with E-state index in [1.165, 1.54) is 24.0 Å². The lowest BCUT2D eigenvalue weighted by Crippen LogP contribution is -2.34. The third-order valence-corrected chi connectivity index (χ3v) is 5.33. The topological polar surface area (TPSA) is 40.5 Å². The number of nitrogens with zero attached hydrogens (tertiary/aromatic N) is 1. The summed E-state index contributed by atoms with van der Waals surface area (Å²) < 4.78 is 0. The molecular formula is C20H21NO2. The van der Waals surface area contributed by atoms with E-state index in [2.05, 4.69) is 29.2 Å². The molecule has 1 N–H and O–H groups in total. The van der Waals surface area contributed by atoms with Gasteiger partial charge in [-0.1, -0.05) is 54.6 Å². The largest absolute Gasteiger partial charge is 0.481 e. The highest BCUT2D eigenvalue weighted by Crippen LogP contribution is 2.51. The molecule has 0 amide bonds. The van der Waals surface area contributed by atoms with Crippen molar-refractivity contribution < 1.29 is 9.90 Å². The average Bonchev–Trinajstić information content (AvgIpc) is 3.20. The summed E-state index contributed by atoms with van der Waals surface area (Å²) in [6, 6.07) is 18.4. The van der Waals surface area contributed by atoms with Crippen LogP contribution >= 0.6 is 0 Å². The molecule has 1 heterocycles. The Kier molecular flexibility index (Phi) is 3.66. The summed E-state index contributed by atoms with van der Waals surface area (Å²) >= 11 is 0. The van der Waals surface area contributed by atoms with Gasteiger partial charge in [0.1, 0.15) is 0 Å². The van der Waals surface area contributed by atoms with E-state index >= 15 is 0 Å². The predicted octanol–water partition coefficient (Wildman–Crippen LogP) is 3.67. The Morgan fingerprint density at radius 2 is 1.52 bits per heavy atom. The number of hydrogen-bond donors (Lipinski definition) is 1. The molecule has 0 saturated carbocycles. The van der Waals surface area contributed by atoms with E-state index in [1.54, 1.807) is 0 Å². The van der Waals surface area contributed by atoms with Gasteiger partial charge in [0.25, 0.3) is 0 Å². The third-order valence-electron chi connectivity index (χ3n) is 5.33. The summed E-state index contributed by atoms with van der Waals surface area (Å²) in [5, 5.41) is 10.0. The highest BCUT2D eigenvalue weighted by molar-refractivity contribution is 5.76. The number of carboxylic acid groups (broad SMARTS) is 1. The lowest BCUT2D eigenvalue weighted by molar-refractivity contribution is -0.144. The van der Waals surface area contributed by atoms with Crippen LogP contribution in [-0.2, 0) is 4.79 Å². The van der Waals surface area contributed by atoms with Gasteiger partial charge in [-0.15, -0.1) is 0 Å². The first-order chi connectivity index (χ1) is 11.3. The monoisotopic (exact) mass is 307 g/mol. The SMILES string of the molecule is O=C(O)[C@H]1[C@H](c2ccccc2)c2ccccc2[C@@H]1N1CCCC1. The smallest absolute Gasteiger partial charge is 0.309 e. The highest BCUT2D eigenvalue weighted by Gasteiger charge is 2.48. The van der Waals surface area contributed by atoms with Crippen molar-refractivity contribution in [1.82, 2.24) is 4.90 Å². The number of benzene rings is 2. The molecule has 0 bridgehead atoms. The Labute approximate surface area is 136 Å². The molecule has 1 aliphatic carbocycles. The summed E-state index contributed by atoms with van der Waals surface area (Å²) in [7, 11) is 0. The molecule has 3 atom stereocenters. The van der Waals surface area contributed by atoms with Crippen LogP contribution in [0, 0.1) is 5.92 Å². The van der Waals surface area contributed by atoms with Gasteiger partial charge in [-0.25, -0.2) is 0 Å². The zero-order valence-corrected chi connectivity index (χ0v) is 13.1. The second kappa shape index (κ2) is 5.82. The molecule has 1 saturated heterocycles. The van der Waals surface area contributed by atoms with Gasteiger partial charge in [0.2, 0.25) is 0 Å². The maximum Gasteiger partial charge on any atom is 0.309 e. The number of carboxylic acids is 1. The Morgan fingerprint density at radius 3 is 2.17 bits per heavy atom. The number of rotatable bonds is 3. The molecule has 3 nitrogen and oxygen atoms in total. The van der Waals surface area contributed by atoms with Crippen molar-refractivity contribution in [3.8, 4) is 0 Å². The molecule has 3 heteroatoms. The van der Waals surface area contributed by atoms with Crippen molar-refractivity contribution in [3.63, 3.8) is 0 Å². The Bertz CT molecular complexity index is 707. The summed E-state index contributed by atoms with van der Waals surface area (Å²) in [5.74, 6) is -1.16. The Balaban J connectivity index is 1.86. The summed E-state index contributed by atoms with van der Waals surface area (Å²) in [5.41, 5.74) is 3.49. The van der Waals surface area contributed by atoms with Crippen LogP contribution < -0.4 is 0 Å². The van der Waals surface area contributed by atoms with Gasteiger partial charge in [-0.2, -0.15) is 0 Å². The molecule has 1 fully saturated rings. The van der Waals surface area contributed by atoms with Crippen LogP contribution in [0.2, 0.25) is 0 Å². The van der Waals surface area contributed by atoms with Gasteiger partial charge in [0.15, 0.2) is 0 Å². The summed E-state index contributed by atoms with van der Waals surface area (Å²) in [6.07, 6.45) is 2.34. The minimum Gasteiger partial charge on any atom is -0.481 e. The molecule has 0 radical (unpaired) electrons. The van der Waals surface area contributed by atoms with E-state index in [0.29, 0.717) is 0 Å². The molecule has 23 heavy (non-hydrogen) atoms. The van der Waals surface area contributed by atoms with Crippen LogP contribution in [0.5, 0.6) is 0 Å². The van der Waals surface area contributed by atoms with Crippen LogP contribution in [0.4, 0.5) is 0 Å². The summed E-state index contributed by atoms with van der Waals surface area (Å²) in [6.45, 7) is 2.01. The van der Waals surface area contributed by atoms with Crippen molar-refractivity contribution in [1.29, 1.82) is 0 Å². The van der Waals surface area contributed by atoms with Gasteiger partial charge in [0.05, 0.1) is 5.92 Å². The van der Waals surface area contributed by atoms with Gasteiger partial charge in [-0.05, 0) is 42.6 Å². The van der Waals surface area contributed by atoms with Gasteiger partial charge in [0, 0.05) is 12.0 Å². The zero-order valence-electron chi connectivity index (χ0n) is 13.1. The number of hydrogen-bond acceptors (Lipinski definition) is 2. The maximum atomic E-state index is 12.2. The molecule has 2 aliphatic rings. The van der Waals surface area contributed by atoms with Crippen LogP contribution in [0.1, 0.15) is 41.5 Å². The van der Waals surface area contributed by atoms with Crippen molar-refractivity contribution >= 4 is 5.97 Å². The first-order valence-corrected chi connectivity index (χ1v) is 8.38. The van der Waals surface area contributed by atoms with Crippen LogP contribution in [0.3, 0.4) is 0 Å². The molecule has 1 aliphatic heterocycles. The number of likely N-dealkylation sites (tertiary alicyclic amines) is 1. The molecular weight excluding hydrogens is 286 g/mol. The standard InChI is InChI=1S/C20H21NO2/c22-20(23)18-17(14-8-2-1-3-9-14)15-10-4-5-11-16(15)19(18)21-12-6-7-13-21/h1-5,8-11,17-19H,6-7,12-13H2,(H,22,23)/t17-,18+,19+/m1/s1. The van der Waals surface area contributed by atoms with Crippen LogP contribution in [0.15, 0.2) is 54.6 Å². The highest BCUT2D eigenvalue weighted by atomic mass is 16.4. The minimum atomic E-state index is -0.688.